The lowest BCUT2D eigenvalue weighted by atomic mass is 10.0. The van der Waals surface area contributed by atoms with Crippen LogP contribution in [0.25, 0.3) is 4.91 Å². The second-order valence-electron chi connectivity index (χ2n) is 5.66. The Labute approximate surface area is 179 Å². The van der Waals surface area contributed by atoms with Crippen molar-refractivity contribution in [1.82, 2.24) is 0 Å². The van der Waals surface area contributed by atoms with Crippen molar-refractivity contribution in [2.75, 3.05) is 26.4 Å². The average molecular weight is 526 g/mol. The van der Waals surface area contributed by atoms with Gasteiger partial charge in [-0.3, -0.25) is 0 Å². The van der Waals surface area contributed by atoms with E-state index in [9.17, 15) is 0 Å². The minimum atomic E-state index is -0.990. The molecule has 0 bridgehead atoms. The summed E-state index contributed by atoms with van der Waals surface area (Å²) in [6.45, 7) is 8.35. The van der Waals surface area contributed by atoms with Crippen LogP contribution in [0.4, 0.5) is 0 Å². The summed E-state index contributed by atoms with van der Waals surface area (Å²) in [5.41, 5.74) is 2.31. The van der Waals surface area contributed by atoms with Crippen LogP contribution in [0.1, 0.15) is 37.6 Å². The molecule has 0 unspecified atom stereocenters. The molecule has 0 atom stereocenters. The van der Waals surface area contributed by atoms with Crippen molar-refractivity contribution in [3.63, 3.8) is 0 Å². The van der Waals surface area contributed by atoms with E-state index < -0.39 is 12.1 Å². The summed E-state index contributed by atoms with van der Waals surface area (Å²) in [7, 11) is 0. The number of hydrogen-bond acceptors (Lipinski definition) is 6. The Bertz CT molecular complexity index is 702. The van der Waals surface area contributed by atoms with Gasteiger partial charge in [0.2, 0.25) is 12.1 Å². The van der Waals surface area contributed by atoms with Crippen LogP contribution in [0.15, 0.2) is 25.3 Å². The molecule has 4 rings (SSSR count). The third kappa shape index (κ3) is 4.03. The normalized spacial score (nSPS) is 23.0. The van der Waals surface area contributed by atoms with Crippen molar-refractivity contribution in [3.05, 3.63) is 35.8 Å². The monoisotopic (exact) mass is 524 g/mol. The fourth-order valence-electron chi connectivity index (χ4n) is 3.01. The molecule has 2 saturated heterocycles. The zero-order valence-electron chi connectivity index (χ0n) is 15.0. The van der Waals surface area contributed by atoms with Gasteiger partial charge in [-0.05, 0) is 51.3 Å². The molecule has 4 heterocycles. The molecule has 1 aromatic heterocycles. The fraction of sp³-hybridized carbons (Fsp3) is 0.556. The van der Waals surface area contributed by atoms with Crippen LogP contribution < -0.4 is 0 Å². The first-order valence-corrected chi connectivity index (χ1v) is 11.9. The number of thioether (sulfide) groups is 1. The molecule has 1 aromatic rings. The molecule has 8 heteroatoms. The van der Waals surface area contributed by atoms with E-state index in [4.69, 9.17) is 18.9 Å². The van der Waals surface area contributed by atoms with Crippen LogP contribution in [-0.2, 0) is 24.7 Å². The van der Waals surface area contributed by atoms with Crippen LogP contribution in [0, 0.1) is 0 Å². The van der Waals surface area contributed by atoms with Crippen molar-refractivity contribution in [1.29, 1.82) is 0 Å². The summed E-state index contributed by atoms with van der Waals surface area (Å²) >= 11 is 10.7. The van der Waals surface area contributed by atoms with E-state index in [1.807, 2.05) is 13.8 Å². The highest BCUT2D eigenvalue weighted by Crippen LogP contribution is 2.52. The molecule has 0 N–H and O–H groups in total. The highest BCUT2D eigenvalue weighted by molar-refractivity contribution is 9.14. The van der Waals surface area contributed by atoms with Crippen molar-refractivity contribution in [3.8, 4) is 0 Å². The Morgan fingerprint density at radius 2 is 1.73 bits per heavy atom. The smallest absolute Gasteiger partial charge is 0.249 e. The maximum absolute atomic E-state index is 6.07. The van der Waals surface area contributed by atoms with Crippen molar-refractivity contribution in [2.24, 2.45) is 0 Å². The number of ether oxygens (including phenoxy) is 4. The maximum Gasteiger partial charge on any atom is 0.249 e. The summed E-state index contributed by atoms with van der Waals surface area (Å²) in [5, 5.41) is 0. The first-order valence-electron chi connectivity index (χ1n) is 8.65. The fourth-order valence-corrected chi connectivity index (χ4v) is 6.39. The molecule has 26 heavy (non-hydrogen) atoms. The Morgan fingerprint density at radius 3 is 2.38 bits per heavy atom. The van der Waals surface area contributed by atoms with Gasteiger partial charge in [-0.25, -0.2) is 0 Å². The topological polar surface area (TPSA) is 36.9 Å². The molecule has 0 aromatic carbocycles. The molecule has 4 nitrogen and oxygen atoms in total. The van der Waals surface area contributed by atoms with E-state index >= 15 is 0 Å². The van der Waals surface area contributed by atoms with Gasteiger partial charge in [0.25, 0.3) is 0 Å². The number of allylic oxidation sites excluding steroid dienone is 2. The standard InChI is InChI=1S/C16H16Br2O4S2.C2H6/c1-9-2-3-11(17)23-13(9)14-10(8-12(18)24-14)16(21-6-7-22-16)15-19-4-5-20-15;1-2/h3,8,15H,2,4-7H2,1H3;1-2H3. The summed E-state index contributed by atoms with van der Waals surface area (Å²) in [6.07, 6.45) is 2.59. The largest absolute Gasteiger partial charge is 0.345 e. The molecular weight excluding hydrogens is 504 g/mol. The van der Waals surface area contributed by atoms with E-state index in [2.05, 4.69) is 50.9 Å². The van der Waals surface area contributed by atoms with Crippen LogP contribution in [0.5, 0.6) is 0 Å². The van der Waals surface area contributed by atoms with Gasteiger partial charge < -0.3 is 18.9 Å². The van der Waals surface area contributed by atoms with Gasteiger partial charge in [-0.1, -0.05) is 37.3 Å². The molecule has 0 radical (unpaired) electrons. The summed E-state index contributed by atoms with van der Waals surface area (Å²) < 4.78 is 25.9. The van der Waals surface area contributed by atoms with Gasteiger partial charge in [-0.2, -0.15) is 0 Å². The molecule has 3 aliphatic rings. The first kappa shape index (κ1) is 21.0. The Kier molecular flexibility index (Phi) is 7.46. The number of hydrogen-bond donors (Lipinski definition) is 0. The quantitative estimate of drug-likeness (QED) is 0.468. The number of halogens is 2. The molecular formula is C18H22Br2O4S2. The lowest BCUT2D eigenvalue weighted by Crippen LogP contribution is -2.41. The lowest BCUT2D eigenvalue weighted by molar-refractivity contribution is -0.289. The van der Waals surface area contributed by atoms with Gasteiger partial charge >= 0.3 is 0 Å². The first-order chi connectivity index (χ1) is 12.6. The molecule has 0 saturated carbocycles. The van der Waals surface area contributed by atoms with E-state index in [-0.39, 0.29) is 0 Å². The SMILES string of the molecule is CC.CC1=C(c2sc(Br)cc2C2(C3OCCO3)OCCO2)SC(Br)=CC1. The van der Waals surface area contributed by atoms with Gasteiger partial charge in [0.05, 0.1) is 38.9 Å². The van der Waals surface area contributed by atoms with Crippen LogP contribution in [0.2, 0.25) is 0 Å². The third-order valence-electron chi connectivity index (χ3n) is 4.09. The van der Waals surface area contributed by atoms with E-state index in [0.29, 0.717) is 26.4 Å². The Balaban J connectivity index is 0.000000948. The molecule has 3 aliphatic heterocycles. The second-order valence-corrected chi connectivity index (χ2v) is 10.5. The molecule has 0 amide bonds. The van der Waals surface area contributed by atoms with E-state index in [1.165, 1.54) is 10.5 Å². The Hall–Kier alpha value is 0.330. The van der Waals surface area contributed by atoms with Gasteiger partial charge in [-0.15, -0.1) is 11.3 Å². The summed E-state index contributed by atoms with van der Waals surface area (Å²) in [6, 6.07) is 2.07. The third-order valence-corrected chi connectivity index (χ3v) is 7.80. The van der Waals surface area contributed by atoms with E-state index in [0.717, 1.165) is 24.5 Å². The van der Waals surface area contributed by atoms with E-state index in [1.54, 1.807) is 23.1 Å². The highest BCUT2D eigenvalue weighted by atomic mass is 79.9. The van der Waals surface area contributed by atoms with Gasteiger partial charge in [0.15, 0.2) is 0 Å². The van der Waals surface area contributed by atoms with Crippen molar-refractivity contribution < 1.29 is 18.9 Å². The van der Waals surface area contributed by atoms with Crippen LogP contribution >= 0.6 is 55.0 Å². The van der Waals surface area contributed by atoms with Crippen molar-refractivity contribution in [2.45, 2.75) is 39.3 Å². The second kappa shape index (κ2) is 9.22. The minimum Gasteiger partial charge on any atom is -0.345 e. The summed E-state index contributed by atoms with van der Waals surface area (Å²) in [4.78, 5) is 2.39. The number of rotatable bonds is 3. The molecule has 0 aliphatic carbocycles. The van der Waals surface area contributed by atoms with Crippen LogP contribution in [0.3, 0.4) is 0 Å². The molecule has 144 valence electrons. The summed E-state index contributed by atoms with van der Waals surface area (Å²) in [5.74, 6) is -0.990. The highest BCUT2D eigenvalue weighted by Gasteiger charge is 2.52. The predicted molar refractivity (Wildman–Crippen MR) is 114 cm³/mol. The predicted octanol–water partition coefficient (Wildman–Crippen LogP) is 6.21. The molecule has 0 spiro atoms. The lowest BCUT2D eigenvalue weighted by Gasteiger charge is -2.32. The van der Waals surface area contributed by atoms with Crippen LogP contribution in [-0.4, -0.2) is 32.7 Å². The maximum atomic E-state index is 6.07. The van der Waals surface area contributed by atoms with Gasteiger partial charge in [0.1, 0.15) is 0 Å². The number of thiophene rings is 1. The average Bonchev–Trinajstić information content (AvgIpc) is 3.38. The zero-order chi connectivity index (χ0) is 18.7. The Morgan fingerprint density at radius 1 is 1.08 bits per heavy atom. The molecule has 2 fully saturated rings. The zero-order valence-corrected chi connectivity index (χ0v) is 19.8. The minimum absolute atomic E-state index is 0.533. The van der Waals surface area contributed by atoms with Gasteiger partial charge in [0, 0.05) is 10.5 Å². The van der Waals surface area contributed by atoms with Crippen molar-refractivity contribution >= 4 is 59.9 Å².